The maximum absolute atomic E-state index is 11.3. The van der Waals surface area contributed by atoms with Gasteiger partial charge in [-0.15, -0.1) is 0 Å². The first-order valence-corrected chi connectivity index (χ1v) is 5.02. The Balaban J connectivity index is 2.67. The molecule has 1 aliphatic heterocycles. The molecule has 2 rings (SSSR count). The topological polar surface area (TPSA) is 38.3 Å². The maximum Gasteiger partial charge on any atom is 0.412 e. The first-order chi connectivity index (χ1) is 6.90. The molecule has 80 valence electrons. The van der Waals surface area contributed by atoms with E-state index in [0.717, 1.165) is 16.8 Å². The Morgan fingerprint density at radius 1 is 1.27 bits per heavy atom. The molecule has 0 spiro atoms. The highest BCUT2D eigenvalue weighted by molar-refractivity contribution is 5.90. The van der Waals surface area contributed by atoms with Crippen LogP contribution in [0.25, 0.3) is 0 Å². The second-order valence-electron chi connectivity index (χ2n) is 4.53. The summed E-state index contributed by atoms with van der Waals surface area (Å²) in [6.07, 6.45) is -0.376. The lowest BCUT2D eigenvalue weighted by Crippen LogP contribution is -2.35. The van der Waals surface area contributed by atoms with Crippen molar-refractivity contribution in [2.75, 3.05) is 5.32 Å². The summed E-state index contributed by atoms with van der Waals surface area (Å²) in [6.45, 7) is 7.85. The lowest BCUT2D eigenvalue weighted by atomic mass is 9.91. The quantitative estimate of drug-likeness (QED) is 0.706. The first-order valence-electron chi connectivity index (χ1n) is 5.02. The lowest BCUT2D eigenvalue weighted by molar-refractivity contribution is 0.0419. The van der Waals surface area contributed by atoms with Gasteiger partial charge in [-0.25, -0.2) is 4.79 Å². The highest BCUT2D eigenvalue weighted by Crippen LogP contribution is 2.37. The predicted octanol–water partition coefficient (Wildman–Crippen LogP) is 3.10. The lowest BCUT2D eigenvalue weighted by Gasteiger charge is -2.33. The molecule has 1 aromatic rings. The van der Waals surface area contributed by atoms with E-state index in [1.165, 1.54) is 5.56 Å². The van der Waals surface area contributed by atoms with Crippen LogP contribution < -0.4 is 5.32 Å². The summed E-state index contributed by atoms with van der Waals surface area (Å²) < 4.78 is 5.26. The van der Waals surface area contributed by atoms with Crippen molar-refractivity contribution in [3.63, 3.8) is 0 Å². The standard InChI is InChI=1S/C12H15NO2/c1-7-5-8(2)10-9(6-7)12(3,4)15-11(14)13-10/h5-6H,1-4H3,(H,13,14). The molecule has 0 aromatic heterocycles. The molecule has 3 heteroatoms. The van der Waals surface area contributed by atoms with Crippen molar-refractivity contribution in [1.82, 2.24) is 0 Å². The zero-order chi connectivity index (χ0) is 11.2. The smallest absolute Gasteiger partial charge is 0.412 e. The minimum atomic E-state index is -0.547. The monoisotopic (exact) mass is 205 g/mol. The fourth-order valence-corrected chi connectivity index (χ4v) is 2.02. The number of hydrogen-bond acceptors (Lipinski definition) is 2. The van der Waals surface area contributed by atoms with E-state index in [1.807, 2.05) is 27.7 Å². The average Bonchev–Trinajstić information content (AvgIpc) is 2.06. The van der Waals surface area contributed by atoms with Gasteiger partial charge in [0.15, 0.2) is 0 Å². The third-order valence-electron chi connectivity index (χ3n) is 2.70. The summed E-state index contributed by atoms with van der Waals surface area (Å²) in [4.78, 5) is 11.3. The van der Waals surface area contributed by atoms with E-state index in [-0.39, 0.29) is 6.09 Å². The molecular formula is C12H15NO2. The molecule has 0 atom stereocenters. The average molecular weight is 205 g/mol. The Hall–Kier alpha value is -1.51. The highest BCUT2D eigenvalue weighted by Gasteiger charge is 2.34. The van der Waals surface area contributed by atoms with Gasteiger partial charge in [0, 0.05) is 5.56 Å². The van der Waals surface area contributed by atoms with Crippen LogP contribution in [0.2, 0.25) is 0 Å². The van der Waals surface area contributed by atoms with Crippen molar-refractivity contribution in [3.8, 4) is 0 Å². The number of rotatable bonds is 0. The summed E-state index contributed by atoms with van der Waals surface area (Å²) >= 11 is 0. The van der Waals surface area contributed by atoms with Crippen LogP contribution in [0.5, 0.6) is 0 Å². The molecule has 1 aromatic carbocycles. The Kier molecular flexibility index (Phi) is 2.00. The van der Waals surface area contributed by atoms with E-state index in [4.69, 9.17) is 4.74 Å². The number of carbonyl (C=O) groups is 1. The Morgan fingerprint density at radius 3 is 2.60 bits per heavy atom. The SMILES string of the molecule is Cc1cc(C)c2c(c1)C(C)(C)OC(=O)N2. The molecule has 0 fully saturated rings. The van der Waals surface area contributed by atoms with Gasteiger partial charge in [-0.05, 0) is 33.3 Å². The van der Waals surface area contributed by atoms with Crippen LogP contribution in [0, 0.1) is 13.8 Å². The largest absolute Gasteiger partial charge is 0.438 e. The van der Waals surface area contributed by atoms with Crippen LogP contribution >= 0.6 is 0 Å². The Labute approximate surface area is 89.4 Å². The zero-order valence-corrected chi connectivity index (χ0v) is 9.47. The van der Waals surface area contributed by atoms with Gasteiger partial charge in [-0.2, -0.15) is 0 Å². The molecule has 0 saturated carbocycles. The third kappa shape index (κ3) is 1.58. The van der Waals surface area contributed by atoms with E-state index < -0.39 is 5.60 Å². The van der Waals surface area contributed by atoms with Gasteiger partial charge in [-0.3, -0.25) is 5.32 Å². The molecule has 15 heavy (non-hydrogen) atoms. The summed E-state index contributed by atoms with van der Waals surface area (Å²) in [5.41, 5.74) is 3.64. The van der Waals surface area contributed by atoms with E-state index in [2.05, 4.69) is 17.4 Å². The van der Waals surface area contributed by atoms with Crippen LogP contribution in [0.1, 0.15) is 30.5 Å². The van der Waals surface area contributed by atoms with Crippen molar-refractivity contribution in [2.45, 2.75) is 33.3 Å². The summed E-state index contributed by atoms with van der Waals surface area (Å²) in [5.74, 6) is 0. The molecule has 0 saturated heterocycles. The number of anilines is 1. The normalized spacial score (nSPS) is 17.7. The van der Waals surface area contributed by atoms with E-state index >= 15 is 0 Å². The number of carbonyl (C=O) groups excluding carboxylic acids is 1. The molecule has 1 N–H and O–H groups in total. The predicted molar refractivity (Wildman–Crippen MR) is 59.0 cm³/mol. The van der Waals surface area contributed by atoms with Crippen molar-refractivity contribution >= 4 is 11.8 Å². The third-order valence-corrected chi connectivity index (χ3v) is 2.70. The number of benzene rings is 1. The molecule has 0 bridgehead atoms. The van der Waals surface area contributed by atoms with Crippen LogP contribution in [-0.2, 0) is 10.3 Å². The van der Waals surface area contributed by atoms with Crippen molar-refractivity contribution in [2.24, 2.45) is 0 Å². The van der Waals surface area contributed by atoms with Gasteiger partial charge in [-0.1, -0.05) is 17.7 Å². The molecule has 0 unspecified atom stereocenters. The summed E-state index contributed by atoms with van der Waals surface area (Å²) in [6, 6.07) is 4.11. The highest BCUT2D eigenvalue weighted by atomic mass is 16.6. The Bertz CT molecular complexity index is 435. The second kappa shape index (κ2) is 2.99. The molecule has 0 aliphatic carbocycles. The van der Waals surface area contributed by atoms with E-state index in [1.54, 1.807) is 0 Å². The first kappa shape index (κ1) is 10.0. The van der Waals surface area contributed by atoms with Gasteiger partial charge in [0.1, 0.15) is 5.60 Å². The number of ether oxygens (including phenoxy) is 1. The van der Waals surface area contributed by atoms with Gasteiger partial charge in [0.25, 0.3) is 0 Å². The molecule has 0 radical (unpaired) electrons. The minimum absolute atomic E-state index is 0.376. The molecule has 3 nitrogen and oxygen atoms in total. The summed E-state index contributed by atoms with van der Waals surface area (Å²) in [5, 5.41) is 2.75. The number of amides is 1. The maximum atomic E-state index is 11.3. The number of fused-ring (bicyclic) bond motifs is 1. The summed E-state index contributed by atoms with van der Waals surface area (Å²) in [7, 11) is 0. The number of aryl methyl sites for hydroxylation is 2. The van der Waals surface area contributed by atoms with Crippen LogP contribution in [0.4, 0.5) is 10.5 Å². The van der Waals surface area contributed by atoms with Gasteiger partial charge < -0.3 is 4.74 Å². The number of hydrogen-bond donors (Lipinski definition) is 1. The molecule has 1 aliphatic rings. The molecular weight excluding hydrogens is 190 g/mol. The number of cyclic esters (lactones) is 1. The second-order valence-corrected chi connectivity index (χ2v) is 4.53. The molecule has 1 amide bonds. The fraction of sp³-hybridized carbons (Fsp3) is 0.417. The number of nitrogens with one attached hydrogen (secondary N) is 1. The fourth-order valence-electron chi connectivity index (χ4n) is 2.02. The van der Waals surface area contributed by atoms with Crippen LogP contribution in [0.3, 0.4) is 0 Å². The molecule has 1 heterocycles. The van der Waals surface area contributed by atoms with Crippen molar-refractivity contribution < 1.29 is 9.53 Å². The van der Waals surface area contributed by atoms with Crippen molar-refractivity contribution in [1.29, 1.82) is 0 Å². The van der Waals surface area contributed by atoms with Crippen LogP contribution in [0.15, 0.2) is 12.1 Å². The van der Waals surface area contributed by atoms with Crippen LogP contribution in [-0.4, -0.2) is 6.09 Å². The van der Waals surface area contributed by atoms with E-state index in [9.17, 15) is 4.79 Å². The van der Waals surface area contributed by atoms with E-state index in [0.29, 0.717) is 0 Å². The van der Waals surface area contributed by atoms with Gasteiger partial charge in [0.2, 0.25) is 0 Å². The Morgan fingerprint density at radius 2 is 1.93 bits per heavy atom. The zero-order valence-electron chi connectivity index (χ0n) is 9.47. The van der Waals surface area contributed by atoms with Gasteiger partial charge >= 0.3 is 6.09 Å². The minimum Gasteiger partial charge on any atom is -0.438 e. The van der Waals surface area contributed by atoms with Crippen molar-refractivity contribution in [3.05, 3.63) is 28.8 Å². The van der Waals surface area contributed by atoms with Gasteiger partial charge in [0.05, 0.1) is 5.69 Å².